The molecular weight excluding hydrogens is 327 g/mol. The molecule has 7 heteroatoms. The highest BCUT2D eigenvalue weighted by Gasteiger charge is 2.24. The Morgan fingerprint density at radius 2 is 2.04 bits per heavy atom. The van der Waals surface area contributed by atoms with Gasteiger partial charge < -0.3 is 20.0 Å². The Kier molecular flexibility index (Phi) is 5.48. The van der Waals surface area contributed by atoms with Crippen molar-refractivity contribution in [2.24, 2.45) is 5.41 Å². The average Bonchev–Trinajstić information content (AvgIpc) is 2.97. The summed E-state index contributed by atoms with van der Waals surface area (Å²) in [5.41, 5.74) is 8.77. The lowest BCUT2D eigenvalue weighted by Gasteiger charge is -2.26. The number of hydrogen-bond acceptors (Lipinski definition) is 5. The van der Waals surface area contributed by atoms with Crippen LogP contribution in [0.3, 0.4) is 0 Å². The molecule has 0 spiro atoms. The number of pyridine rings is 1. The molecule has 2 heterocycles. The molecule has 0 saturated carbocycles. The van der Waals surface area contributed by atoms with Gasteiger partial charge in [-0.1, -0.05) is 45.4 Å². The molecule has 26 heavy (non-hydrogen) atoms. The van der Waals surface area contributed by atoms with Crippen molar-refractivity contribution in [2.75, 3.05) is 12.3 Å². The normalized spacial score (nSPS) is 12.2. The Morgan fingerprint density at radius 3 is 2.77 bits per heavy atom. The van der Waals surface area contributed by atoms with E-state index in [0.29, 0.717) is 12.4 Å². The monoisotopic (exact) mass is 354 g/mol. The van der Waals surface area contributed by atoms with E-state index < -0.39 is 0 Å². The molecule has 0 aliphatic carbocycles. The molecule has 0 aliphatic heterocycles. The number of rotatable bonds is 8. The van der Waals surface area contributed by atoms with Gasteiger partial charge in [-0.3, -0.25) is 0 Å². The van der Waals surface area contributed by atoms with E-state index in [0.717, 1.165) is 53.6 Å². The summed E-state index contributed by atoms with van der Waals surface area (Å²) < 4.78 is 7.55. The molecular formula is C19H27BN4O2. The van der Waals surface area contributed by atoms with Crippen molar-refractivity contribution in [3.05, 3.63) is 30.1 Å². The molecule has 3 N–H and O–H groups in total. The van der Waals surface area contributed by atoms with Crippen LogP contribution in [0.1, 0.15) is 39.4 Å². The quantitative estimate of drug-likeness (QED) is 0.608. The molecule has 1 aromatic carbocycles. The summed E-state index contributed by atoms with van der Waals surface area (Å²) in [7, 11) is -0.267. The first kappa shape index (κ1) is 18.7. The minimum absolute atomic E-state index is 0.156. The first-order valence-corrected chi connectivity index (χ1v) is 9.19. The molecule has 3 aromatic rings. The molecule has 0 atom stereocenters. The van der Waals surface area contributed by atoms with Gasteiger partial charge >= 0.3 is 7.69 Å². The Morgan fingerprint density at radius 1 is 1.27 bits per heavy atom. The van der Waals surface area contributed by atoms with Gasteiger partial charge in [-0.05, 0) is 12.5 Å². The molecule has 0 bridgehead atoms. The van der Waals surface area contributed by atoms with Crippen molar-refractivity contribution < 1.29 is 9.68 Å². The van der Waals surface area contributed by atoms with Crippen LogP contribution in [-0.2, 0) is 17.6 Å². The number of benzene rings is 1. The molecule has 0 amide bonds. The van der Waals surface area contributed by atoms with Crippen molar-refractivity contribution in [3.8, 4) is 0 Å². The summed E-state index contributed by atoms with van der Waals surface area (Å²) in [4.78, 5) is 9.38. The minimum atomic E-state index is -0.267. The van der Waals surface area contributed by atoms with E-state index in [1.54, 1.807) is 0 Å². The Hall–Kier alpha value is -2.12. The average molecular weight is 354 g/mol. The number of fused-ring (bicyclic) bond motifs is 3. The molecule has 0 radical (unpaired) electrons. The highest BCUT2D eigenvalue weighted by molar-refractivity contribution is 6.15. The number of anilines is 1. The van der Waals surface area contributed by atoms with Crippen LogP contribution in [0.2, 0.25) is 0 Å². The molecule has 0 fully saturated rings. The highest BCUT2D eigenvalue weighted by Crippen LogP contribution is 2.32. The first-order valence-electron chi connectivity index (χ1n) is 9.19. The largest absolute Gasteiger partial charge is 0.435 e. The van der Waals surface area contributed by atoms with E-state index >= 15 is 0 Å². The SMILES string of the molecule is CCCCc1nc2c(N)nc3ccccc3c2n1CC(C)(C)COBO. The van der Waals surface area contributed by atoms with Crippen LogP contribution < -0.4 is 5.73 Å². The maximum atomic E-state index is 9.01. The third kappa shape index (κ3) is 3.69. The van der Waals surface area contributed by atoms with Gasteiger partial charge in [-0.25, -0.2) is 9.97 Å². The second-order valence-corrected chi connectivity index (χ2v) is 7.57. The molecule has 0 saturated heterocycles. The molecule has 0 aliphatic rings. The number of nitrogens with zero attached hydrogens (tertiary/aromatic N) is 3. The zero-order valence-corrected chi connectivity index (χ0v) is 15.8. The number of aromatic nitrogens is 3. The molecule has 138 valence electrons. The highest BCUT2D eigenvalue weighted by atomic mass is 16.5. The fraction of sp³-hybridized carbons (Fsp3) is 0.474. The zero-order chi connectivity index (χ0) is 18.7. The number of hydrogen-bond donors (Lipinski definition) is 2. The standard InChI is InChI=1S/C19H27BN4O2/c1-4-5-10-15-23-16-17(24(15)11-19(2,3)12-26-20-25)13-8-6-7-9-14(13)22-18(16)21/h6-9,20,25H,4-5,10-12H2,1-3H3,(H2,21,22). The number of aryl methyl sites for hydroxylation is 1. The van der Waals surface area contributed by atoms with Gasteiger partial charge in [-0.2, -0.15) is 0 Å². The summed E-state index contributed by atoms with van der Waals surface area (Å²) in [6, 6.07) is 8.04. The Balaban J connectivity index is 2.19. The van der Waals surface area contributed by atoms with Crippen molar-refractivity contribution in [1.29, 1.82) is 0 Å². The lowest BCUT2D eigenvalue weighted by atomic mass is 9.94. The lowest BCUT2D eigenvalue weighted by molar-refractivity contribution is 0.148. The lowest BCUT2D eigenvalue weighted by Crippen LogP contribution is -2.27. The third-order valence-corrected chi connectivity index (χ3v) is 4.61. The van der Waals surface area contributed by atoms with Crippen molar-refractivity contribution in [3.63, 3.8) is 0 Å². The number of nitrogen functional groups attached to an aromatic ring is 1. The second kappa shape index (κ2) is 7.64. The fourth-order valence-electron chi connectivity index (χ4n) is 3.40. The predicted molar refractivity (Wildman–Crippen MR) is 107 cm³/mol. The summed E-state index contributed by atoms with van der Waals surface area (Å²) in [5, 5.41) is 10.1. The number of unbranched alkanes of at least 4 members (excludes halogenated alkanes) is 1. The van der Waals surface area contributed by atoms with Crippen molar-refractivity contribution >= 4 is 35.4 Å². The van der Waals surface area contributed by atoms with E-state index in [2.05, 4.69) is 36.4 Å². The molecule has 3 rings (SSSR count). The van der Waals surface area contributed by atoms with Crippen molar-refractivity contribution in [2.45, 2.75) is 46.6 Å². The van der Waals surface area contributed by atoms with Crippen LogP contribution in [0.15, 0.2) is 24.3 Å². The number of imidazole rings is 1. The van der Waals surface area contributed by atoms with Crippen molar-refractivity contribution in [1.82, 2.24) is 14.5 Å². The Labute approximate surface area is 154 Å². The third-order valence-electron chi connectivity index (χ3n) is 4.61. The summed E-state index contributed by atoms with van der Waals surface area (Å²) in [6.45, 7) is 7.64. The van der Waals surface area contributed by atoms with E-state index in [9.17, 15) is 0 Å². The maximum absolute atomic E-state index is 9.01. The van der Waals surface area contributed by atoms with Gasteiger partial charge in [0.2, 0.25) is 0 Å². The summed E-state index contributed by atoms with van der Waals surface area (Å²) in [6.07, 6.45) is 3.08. The van der Waals surface area contributed by atoms with Gasteiger partial charge in [-0.15, -0.1) is 0 Å². The van der Waals surface area contributed by atoms with Gasteiger partial charge in [0.05, 0.1) is 11.0 Å². The van der Waals surface area contributed by atoms with Gasteiger partial charge in [0.15, 0.2) is 5.82 Å². The second-order valence-electron chi connectivity index (χ2n) is 7.57. The van der Waals surface area contributed by atoms with Crippen LogP contribution in [-0.4, -0.2) is 33.9 Å². The van der Waals surface area contributed by atoms with Crippen LogP contribution in [0.5, 0.6) is 0 Å². The topological polar surface area (TPSA) is 86.2 Å². The Bertz CT molecular complexity index is 907. The van der Waals surface area contributed by atoms with Gasteiger partial charge in [0.1, 0.15) is 11.3 Å². The predicted octanol–water partition coefficient (Wildman–Crippen LogP) is 2.81. The smallest absolute Gasteiger partial charge is 0.430 e. The molecule has 6 nitrogen and oxygen atoms in total. The van der Waals surface area contributed by atoms with E-state index in [1.165, 1.54) is 0 Å². The number of nitrogens with two attached hydrogens (primary N) is 1. The maximum Gasteiger partial charge on any atom is 0.435 e. The van der Waals surface area contributed by atoms with Crippen LogP contribution in [0.25, 0.3) is 21.9 Å². The van der Waals surface area contributed by atoms with Crippen LogP contribution >= 0.6 is 0 Å². The zero-order valence-electron chi connectivity index (χ0n) is 15.8. The molecule has 2 aromatic heterocycles. The van der Waals surface area contributed by atoms with Crippen LogP contribution in [0.4, 0.5) is 5.82 Å². The van der Waals surface area contributed by atoms with Crippen LogP contribution in [0, 0.1) is 5.41 Å². The minimum Gasteiger partial charge on any atom is -0.430 e. The van der Waals surface area contributed by atoms with E-state index in [1.807, 2.05) is 18.2 Å². The summed E-state index contributed by atoms with van der Waals surface area (Å²) in [5.74, 6) is 1.50. The van der Waals surface area contributed by atoms with Gasteiger partial charge in [0.25, 0.3) is 0 Å². The fourth-order valence-corrected chi connectivity index (χ4v) is 3.40. The van der Waals surface area contributed by atoms with E-state index in [4.69, 9.17) is 20.4 Å². The summed E-state index contributed by atoms with van der Waals surface area (Å²) >= 11 is 0. The van der Waals surface area contributed by atoms with E-state index in [-0.39, 0.29) is 13.1 Å². The molecule has 0 unspecified atom stereocenters. The number of para-hydroxylation sites is 1. The first-order chi connectivity index (χ1) is 12.5. The van der Waals surface area contributed by atoms with Gasteiger partial charge in [0, 0.05) is 30.4 Å².